The molecule has 0 aliphatic heterocycles. The molecule has 3 aliphatic rings. The van der Waals surface area contributed by atoms with Crippen molar-refractivity contribution < 1.29 is 4.42 Å². The highest BCUT2D eigenvalue weighted by Crippen LogP contribution is 2.58. The molecule has 56 heavy (non-hydrogen) atoms. The molecule has 0 unspecified atom stereocenters. The molecule has 9 aromatic rings. The number of rotatable bonds is 4. The van der Waals surface area contributed by atoms with Crippen LogP contribution >= 0.6 is 0 Å². The summed E-state index contributed by atoms with van der Waals surface area (Å²) in [7, 11) is 0. The van der Waals surface area contributed by atoms with Crippen molar-refractivity contribution in [3.8, 4) is 33.4 Å². The third-order valence-electron chi connectivity index (χ3n) is 13.6. The molecule has 3 aliphatic carbocycles. The van der Waals surface area contributed by atoms with Gasteiger partial charge in [-0.05, 0) is 116 Å². The van der Waals surface area contributed by atoms with Crippen molar-refractivity contribution in [2.24, 2.45) is 0 Å². The highest BCUT2D eigenvalue weighted by atomic mass is 16.3. The van der Waals surface area contributed by atoms with Gasteiger partial charge in [0.15, 0.2) is 0 Å². The molecule has 1 fully saturated rings. The lowest BCUT2D eigenvalue weighted by Crippen LogP contribution is -2.21. The minimum Gasteiger partial charge on any atom is -0.455 e. The normalized spacial score (nSPS) is 15.7. The number of furan rings is 1. The van der Waals surface area contributed by atoms with Crippen molar-refractivity contribution >= 4 is 49.8 Å². The Morgan fingerprint density at radius 1 is 0.500 bits per heavy atom. The molecule has 2 heteroatoms. The standard InChI is InChI=1S/C54H41NO/c1-53(2)45-19-7-5-16-41(45)43-18-11-17-38(51(43)53)35-23-26-36(27-24-35)55(37-28-30-42-40-15-6-8-20-46(40)54(47(42)33-37)31-9-10-32-54)48-21-12-22-49-50(48)44-29-25-34-13-3-4-14-39(34)52(44)56-49/h3-8,11-30,33H,9-10,31-32H2,1-2H3. The van der Waals surface area contributed by atoms with Crippen LogP contribution in [0.4, 0.5) is 17.1 Å². The minimum absolute atomic E-state index is 0.0722. The Kier molecular flexibility index (Phi) is 6.59. The average Bonchev–Trinajstić information content (AvgIpc) is 4.01. The summed E-state index contributed by atoms with van der Waals surface area (Å²) in [6.07, 6.45) is 4.93. The highest BCUT2D eigenvalue weighted by Gasteiger charge is 2.45. The quantitative estimate of drug-likeness (QED) is 0.180. The van der Waals surface area contributed by atoms with Gasteiger partial charge in [0.05, 0.1) is 11.1 Å². The van der Waals surface area contributed by atoms with E-state index in [9.17, 15) is 0 Å². The van der Waals surface area contributed by atoms with Crippen molar-refractivity contribution in [1.82, 2.24) is 0 Å². The Bertz CT molecular complexity index is 3060. The summed E-state index contributed by atoms with van der Waals surface area (Å²) in [6, 6.07) is 61.1. The molecule has 12 rings (SSSR count). The first kappa shape index (κ1) is 31.9. The Hall–Kier alpha value is -6.38. The third kappa shape index (κ3) is 4.27. The Labute approximate surface area is 327 Å². The maximum atomic E-state index is 6.76. The van der Waals surface area contributed by atoms with E-state index in [-0.39, 0.29) is 10.8 Å². The van der Waals surface area contributed by atoms with Crippen LogP contribution in [0.3, 0.4) is 0 Å². The maximum Gasteiger partial charge on any atom is 0.143 e. The highest BCUT2D eigenvalue weighted by molar-refractivity contribution is 6.19. The molecular formula is C54H41NO. The van der Waals surface area contributed by atoms with E-state index in [4.69, 9.17) is 4.42 Å². The van der Waals surface area contributed by atoms with Gasteiger partial charge in [-0.15, -0.1) is 0 Å². The second-order valence-corrected chi connectivity index (χ2v) is 16.8. The first-order valence-electron chi connectivity index (χ1n) is 20.2. The van der Waals surface area contributed by atoms with Gasteiger partial charge in [-0.2, -0.15) is 0 Å². The monoisotopic (exact) mass is 719 g/mol. The van der Waals surface area contributed by atoms with Crippen molar-refractivity contribution in [3.05, 3.63) is 186 Å². The summed E-state index contributed by atoms with van der Waals surface area (Å²) in [5.74, 6) is 0. The zero-order valence-electron chi connectivity index (χ0n) is 31.8. The zero-order valence-corrected chi connectivity index (χ0v) is 31.8. The summed E-state index contributed by atoms with van der Waals surface area (Å²) >= 11 is 0. The molecule has 0 atom stereocenters. The first-order chi connectivity index (χ1) is 27.5. The van der Waals surface area contributed by atoms with Crippen LogP contribution in [0.5, 0.6) is 0 Å². The van der Waals surface area contributed by atoms with Gasteiger partial charge in [0.1, 0.15) is 11.2 Å². The van der Waals surface area contributed by atoms with E-state index in [2.05, 4.69) is 183 Å². The van der Waals surface area contributed by atoms with Crippen molar-refractivity contribution in [1.29, 1.82) is 0 Å². The van der Waals surface area contributed by atoms with Crippen LogP contribution in [-0.4, -0.2) is 0 Å². The van der Waals surface area contributed by atoms with Gasteiger partial charge < -0.3 is 9.32 Å². The van der Waals surface area contributed by atoms with Crippen LogP contribution in [0.1, 0.15) is 61.8 Å². The van der Waals surface area contributed by atoms with E-state index >= 15 is 0 Å². The van der Waals surface area contributed by atoms with Crippen molar-refractivity contribution in [2.45, 2.75) is 50.4 Å². The predicted molar refractivity (Wildman–Crippen MR) is 234 cm³/mol. The van der Waals surface area contributed by atoms with Crippen LogP contribution in [0.2, 0.25) is 0 Å². The number of fused-ring (bicyclic) bond motifs is 13. The lowest BCUT2D eigenvalue weighted by atomic mass is 9.76. The van der Waals surface area contributed by atoms with Gasteiger partial charge in [0.2, 0.25) is 0 Å². The number of hydrogen-bond donors (Lipinski definition) is 0. The number of hydrogen-bond acceptors (Lipinski definition) is 2. The average molecular weight is 720 g/mol. The van der Waals surface area contributed by atoms with E-state index in [1.807, 2.05) is 0 Å². The molecule has 1 spiro atoms. The number of benzene rings is 8. The van der Waals surface area contributed by atoms with Gasteiger partial charge in [-0.3, -0.25) is 0 Å². The fraction of sp³-hybridized carbons (Fsp3) is 0.148. The number of nitrogens with zero attached hydrogens (tertiary/aromatic N) is 1. The number of anilines is 3. The molecule has 0 bridgehead atoms. The summed E-state index contributed by atoms with van der Waals surface area (Å²) in [5.41, 5.74) is 19.1. The summed E-state index contributed by atoms with van der Waals surface area (Å²) in [6.45, 7) is 4.75. The molecular weight excluding hydrogens is 679 g/mol. The van der Waals surface area contributed by atoms with E-state index < -0.39 is 0 Å². The molecule has 0 N–H and O–H groups in total. The molecule has 8 aromatic carbocycles. The topological polar surface area (TPSA) is 16.4 Å². The predicted octanol–water partition coefficient (Wildman–Crippen LogP) is 15.0. The minimum atomic E-state index is -0.0897. The van der Waals surface area contributed by atoms with E-state index in [1.54, 1.807) is 0 Å². The van der Waals surface area contributed by atoms with Crippen LogP contribution in [0, 0.1) is 0 Å². The van der Waals surface area contributed by atoms with Crippen LogP contribution in [0.15, 0.2) is 168 Å². The van der Waals surface area contributed by atoms with E-state index in [1.165, 1.54) is 92.4 Å². The second kappa shape index (κ2) is 11.6. The van der Waals surface area contributed by atoms with Crippen LogP contribution < -0.4 is 4.90 Å². The molecule has 2 nitrogen and oxygen atoms in total. The molecule has 0 amide bonds. The van der Waals surface area contributed by atoms with E-state index in [0.717, 1.165) is 38.7 Å². The second-order valence-electron chi connectivity index (χ2n) is 16.8. The molecule has 0 radical (unpaired) electrons. The Morgan fingerprint density at radius 2 is 1.16 bits per heavy atom. The van der Waals surface area contributed by atoms with Gasteiger partial charge in [0.25, 0.3) is 0 Å². The fourth-order valence-electron chi connectivity index (χ4n) is 11.1. The Balaban J connectivity index is 1.07. The van der Waals surface area contributed by atoms with Gasteiger partial charge in [-0.25, -0.2) is 0 Å². The molecule has 0 saturated heterocycles. The van der Waals surface area contributed by atoms with Gasteiger partial charge in [0, 0.05) is 33.0 Å². The smallest absolute Gasteiger partial charge is 0.143 e. The lowest BCUT2D eigenvalue weighted by Gasteiger charge is -2.30. The van der Waals surface area contributed by atoms with E-state index in [0.29, 0.717) is 0 Å². The SMILES string of the molecule is CC1(C)c2ccccc2-c2cccc(-c3ccc(N(c4ccc5c(c4)C4(CCCC4)c4ccccc4-5)c4cccc5oc6c7ccccc7ccc6c45)cc3)c21. The molecule has 1 aromatic heterocycles. The fourth-order valence-corrected chi connectivity index (χ4v) is 11.1. The Morgan fingerprint density at radius 3 is 2.00 bits per heavy atom. The third-order valence-corrected chi connectivity index (χ3v) is 13.6. The zero-order chi connectivity index (χ0) is 37.2. The maximum absolute atomic E-state index is 6.76. The van der Waals surface area contributed by atoms with Gasteiger partial charge in [-0.1, -0.05) is 148 Å². The summed E-state index contributed by atoms with van der Waals surface area (Å²) in [5, 5.41) is 4.60. The lowest BCUT2D eigenvalue weighted by molar-refractivity contribution is 0.550. The summed E-state index contributed by atoms with van der Waals surface area (Å²) < 4.78 is 6.76. The van der Waals surface area contributed by atoms with Crippen LogP contribution in [-0.2, 0) is 10.8 Å². The molecule has 1 heterocycles. The van der Waals surface area contributed by atoms with Crippen molar-refractivity contribution in [3.63, 3.8) is 0 Å². The largest absolute Gasteiger partial charge is 0.455 e. The molecule has 1 saturated carbocycles. The molecule has 268 valence electrons. The summed E-state index contributed by atoms with van der Waals surface area (Å²) in [4.78, 5) is 2.48. The first-order valence-corrected chi connectivity index (χ1v) is 20.2. The van der Waals surface area contributed by atoms with Crippen molar-refractivity contribution in [2.75, 3.05) is 4.90 Å². The van der Waals surface area contributed by atoms with Gasteiger partial charge >= 0.3 is 0 Å². The van der Waals surface area contributed by atoms with Crippen LogP contribution in [0.25, 0.3) is 66.1 Å².